The number of thiophene rings is 1. The molecule has 2 N–H and O–H groups in total. The van der Waals surface area contributed by atoms with E-state index < -0.39 is 0 Å². The Morgan fingerprint density at radius 3 is 2.77 bits per heavy atom. The zero-order valence-electron chi connectivity index (χ0n) is 12.6. The van der Waals surface area contributed by atoms with Crippen LogP contribution in [0.2, 0.25) is 0 Å². The van der Waals surface area contributed by atoms with E-state index in [1.54, 1.807) is 7.11 Å². The third kappa shape index (κ3) is 4.40. The molecule has 0 aliphatic rings. The van der Waals surface area contributed by atoms with Crippen LogP contribution in [-0.4, -0.2) is 31.3 Å². The smallest absolute Gasteiger partial charge is 0.261 e. The van der Waals surface area contributed by atoms with Crippen molar-refractivity contribution in [3.05, 3.63) is 57.8 Å². The summed E-state index contributed by atoms with van der Waals surface area (Å²) in [6.07, 6.45) is 0.625. The summed E-state index contributed by atoms with van der Waals surface area (Å²) >= 11 is 1.42. The number of hydrogen-bond acceptors (Lipinski definition) is 4. The molecule has 2 aromatic rings. The highest BCUT2D eigenvalue weighted by molar-refractivity contribution is 7.12. The number of aliphatic hydroxyl groups excluding tert-OH is 1. The van der Waals surface area contributed by atoms with Crippen LogP contribution in [0.15, 0.2) is 41.8 Å². The molecule has 1 aromatic carbocycles. The lowest BCUT2D eigenvalue weighted by molar-refractivity contribution is 0.0949. The van der Waals surface area contributed by atoms with Crippen molar-refractivity contribution in [2.45, 2.75) is 18.9 Å². The van der Waals surface area contributed by atoms with Gasteiger partial charge in [0.15, 0.2) is 0 Å². The van der Waals surface area contributed by atoms with Gasteiger partial charge in [-0.25, -0.2) is 0 Å². The molecular weight excluding hydrogens is 298 g/mol. The minimum Gasteiger partial charge on any atom is -0.396 e. The molecule has 1 heterocycles. The van der Waals surface area contributed by atoms with Crippen LogP contribution >= 0.6 is 11.3 Å². The van der Waals surface area contributed by atoms with Gasteiger partial charge in [0.05, 0.1) is 11.5 Å². The summed E-state index contributed by atoms with van der Waals surface area (Å²) in [6, 6.07) is 11.9. The number of hydrogen-bond donors (Lipinski definition) is 2. The first-order valence-corrected chi connectivity index (χ1v) is 8.13. The van der Waals surface area contributed by atoms with E-state index in [0.717, 1.165) is 11.1 Å². The van der Waals surface area contributed by atoms with E-state index in [2.05, 4.69) is 5.32 Å². The minimum absolute atomic E-state index is 0.0825. The molecule has 0 fully saturated rings. The predicted octanol–water partition coefficient (Wildman–Crippen LogP) is 2.79. The van der Waals surface area contributed by atoms with Gasteiger partial charge in [-0.05, 0) is 23.4 Å². The number of nitrogens with one attached hydrogen (secondary N) is 1. The van der Waals surface area contributed by atoms with Crippen molar-refractivity contribution in [1.82, 2.24) is 5.32 Å². The predicted molar refractivity (Wildman–Crippen MR) is 88.3 cm³/mol. The van der Waals surface area contributed by atoms with Gasteiger partial charge >= 0.3 is 0 Å². The molecule has 1 aromatic heterocycles. The van der Waals surface area contributed by atoms with Gasteiger partial charge in [-0.15, -0.1) is 11.3 Å². The lowest BCUT2D eigenvalue weighted by atomic mass is 9.96. The maximum absolute atomic E-state index is 12.3. The van der Waals surface area contributed by atoms with Gasteiger partial charge in [-0.2, -0.15) is 0 Å². The average molecular weight is 319 g/mol. The molecular formula is C17H21NO3S. The molecule has 1 amide bonds. The second-order valence-electron chi connectivity index (χ2n) is 5.04. The van der Waals surface area contributed by atoms with Crippen molar-refractivity contribution in [2.75, 3.05) is 20.3 Å². The molecule has 5 heteroatoms. The van der Waals surface area contributed by atoms with Crippen molar-refractivity contribution in [3.63, 3.8) is 0 Å². The second kappa shape index (κ2) is 8.68. The van der Waals surface area contributed by atoms with Gasteiger partial charge in [0.25, 0.3) is 5.91 Å². The van der Waals surface area contributed by atoms with Crippen LogP contribution in [0.4, 0.5) is 0 Å². The Morgan fingerprint density at radius 1 is 1.32 bits per heavy atom. The summed E-state index contributed by atoms with van der Waals surface area (Å²) in [5, 5.41) is 14.1. The van der Waals surface area contributed by atoms with E-state index in [1.165, 1.54) is 11.3 Å². The second-order valence-corrected chi connectivity index (χ2v) is 5.95. The molecule has 0 bridgehead atoms. The number of aliphatic hydroxyl groups is 1. The largest absolute Gasteiger partial charge is 0.396 e. The lowest BCUT2D eigenvalue weighted by Crippen LogP contribution is -2.29. The highest BCUT2D eigenvalue weighted by Crippen LogP contribution is 2.20. The van der Waals surface area contributed by atoms with Crippen LogP contribution in [0.25, 0.3) is 0 Å². The van der Waals surface area contributed by atoms with E-state index in [1.807, 2.05) is 41.8 Å². The van der Waals surface area contributed by atoms with Crippen LogP contribution in [0.5, 0.6) is 0 Å². The third-order valence-electron chi connectivity index (χ3n) is 3.51. The van der Waals surface area contributed by atoms with Crippen LogP contribution in [-0.2, 0) is 11.3 Å². The highest BCUT2D eigenvalue weighted by Gasteiger charge is 2.16. The van der Waals surface area contributed by atoms with Gasteiger partial charge in [0.2, 0.25) is 0 Å². The molecule has 0 aliphatic heterocycles. The fourth-order valence-electron chi connectivity index (χ4n) is 2.37. The molecule has 118 valence electrons. The maximum atomic E-state index is 12.3. The van der Waals surface area contributed by atoms with Gasteiger partial charge in [0.1, 0.15) is 0 Å². The fraction of sp³-hybridized carbons (Fsp3) is 0.353. The third-order valence-corrected chi connectivity index (χ3v) is 4.47. The van der Waals surface area contributed by atoms with Crippen molar-refractivity contribution >= 4 is 17.2 Å². The zero-order valence-corrected chi connectivity index (χ0v) is 13.4. The SMILES string of the molecule is COCc1ccsc1C(=O)NCC(CCO)c1ccccc1. The van der Waals surface area contributed by atoms with Crippen LogP contribution < -0.4 is 5.32 Å². The summed E-state index contributed by atoms with van der Waals surface area (Å²) in [5.74, 6) is 0.0295. The molecule has 4 nitrogen and oxygen atoms in total. The molecule has 0 saturated carbocycles. The van der Waals surface area contributed by atoms with Crippen LogP contribution in [0.3, 0.4) is 0 Å². The highest BCUT2D eigenvalue weighted by atomic mass is 32.1. The van der Waals surface area contributed by atoms with Gasteiger partial charge in [0, 0.05) is 31.7 Å². The van der Waals surface area contributed by atoms with E-state index in [-0.39, 0.29) is 18.4 Å². The number of methoxy groups -OCH3 is 1. The summed E-state index contributed by atoms with van der Waals surface area (Å²) in [7, 11) is 1.62. The van der Waals surface area contributed by atoms with Crippen molar-refractivity contribution in [1.29, 1.82) is 0 Å². The number of rotatable bonds is 8. The van der Waals surface area contributed by atoms with Crippen LogP contribution in [0.1, 0.15) is 33.1 Å². The number of carbonyl (C=O) groups excluding carboxylic acids is 1. The number of ether oxygens (including phenoxy) is 1. The molecule has 22 heavy (non-hydrogen) atoms. The first-order chi connectivity index (χ1) is 10.8. The Hall–Kier alpha value is -1.69. The Kier molecular flexibility index (Phi) is 6.58. The van der Waals surface area contributed by atoms with E-state index in [9.17, 15) is 9.90 Å². The Labute approximate surface area is 134 Å². The Bertz CT molecular complexity index is 583. The molecule has 1 unspecified atom stereocenters. The first-order valence-electron chi connectivity index (χ1n) is 7.25. The quantitative estimate of drug-likeness (QED) is 0.786. The number of amides is 1. The fourth-order valence-corrected chi connectivity index (χ4v) is 3.19. The molecule has 0 radical (unpaired) electrons. The average Bonchev–Trinajstić information content (AvgIpc) is 3.01. The summed E-state index contributed by atoms with van der Waals surface area (Å²) in [5.41, 5.74) is 2.03. The first kappa shape index (κ1) is 16.7. The topological polar surface area (TPSA) is 58.6 Å². The maximum Gasteiger partial charge on any atom is 0.261 e. The zero-order chi connectivity index (χ0) is 15.8. The summed E-state index contributed by atoms with van der Waals surface area (Å²) in [6.45, 7) is 1.04. The van der Waals surface area contributed by atoms with Crippen molar-refractivity contribution in [2.24, 2.45) is 0 Å². The molecule has 0 spiro atoms. The lowest BCUT2D eigenvalue weighted by Gasteiger charge is -2.17. The standard InChI is InChI=1S/C17H21NO3S/c1-21-12-15-8-10-22-16(15)17(20)18-11-14(7-9-19)13-5-3-2-4-6-13/h2-6,8,10,14,19H,7,9,11-12H2,1H3,(H,18,20). The monoisotopic (exact) mass is 319 g/mol. The van der Waals surface area contributed by atoms with Crippen molar-refractivity contribution in [3.8, 4) is 0 Å². The van der Waals surface area contributed by atoms with Gasteiger partial charge in [-0.1, -0.05) is 30.3 Å². The van der Waals surface area contributed by atoms with Crippen molar-refractivity contribution < 1.29 is 14.6 Å². The number of benzene rings is 1. The summed E-state index contributed by atoms with van der Waals surface area (Å²) in [4.78, 5) is 13.0. The summed E-state index contributed by atoms with van der Waals surface area (Å²) < 4.78 is 5.10. The number of carbonyl (C=O) groups is 1. The minimum atomic E-state index is -0.0825. The molecule has 0 aliphatic carbocycles. The molecule has 0 saturated heterocycles. The van der Waals surface area contributed by atoms with Gasteiger partial charge in [-0.3, -0.25) is 4.79 Å². The molecule has 2 rings (SSSR count). The Morgan fingerprint density at radius 2 is 2.09 bits per heavy atom. The normalized spacial score (nSPS) is 12.1. The van der Waals surface area contributed by atoms with Gasteiger partial charge < -0.3 is 15.2 Å². The Balaban J connectivity index is 2.00. The van der Waals surface area contributed by atoms with E-state index >= 15 is 0 Å². The van der Waals surface area contributed by atoms with Crippen LogP contribution in [0, 0.1) is 0 Å². The van der Waals surface area contributed by atoms with E-state index in [4.69, 9.17) is 4.74 Å². The molecule has 1 atom stereocenters. The van der Waals surface area contributed by atoms with E-state index in [0.29, 0.717) is 24.4 Å².